The number of likely N-dealkylation sites (tertiary alicyclic amines) is 1. The van der Waals surface area contributed by atoms with Gasteiger partial charge in [-0.05, 0) is 96.0 Å². The van der Waals surface area contributed by atoms with Crippen LogP contribution in [0.1, 0.15) is 45.1 Å². The molecule has 1 spiro atoms. The minimum atomic E-state index is -4.26. The number of nitrogens with one attached hydrogen (secondary N) is 1. The number of benzene rings is 2. The lowest BCUT2D eigenvalue weighted by Gasteiger charge is -2.45. The number of rotatable bonds is 2. The minimum Gasteiger partial charge on any atom is -0.493 e. The maximum atomic E-state index is 13.7. The third-order valence-electron chi connectivity index (χ3n) is 11.3. The van der Waals surface area contributed by atoms with E-state index in [1.54, 1.807) is 23.1 Å². The number of likely N-dealkylation sites (N-methyl/N-ethyl adjacent to an activating group) is 1. The molecule has 2 aromatic carbocycles. The van der Waals surface area contributed by atoms with Gasteiger partial charge < -0.3 is 33.6 Å². The van der Waals surface area contributed by atoms with Gasteiger partial charge in [-0.1, -0.05) is 23.7 Å². The number of halogens is 1. The Morgan fingerprint density at radius 1 is 1.06 bits per heavy atom. The van der Waals surface area contributed by atoms with Crippen molar-refractivity contribution in [1.29, 1.82) is 0 Å². The lowest BCUT2D eigenvalue weighted by molar-refractivity contribution is -0.139. The first-order chi connectivity index (χ1) is 24.2. The van der Waals surface area contributed by atoms with Gasteiger partial charge in [0.1, 0.15) is 23.2 Å². The van der Waals surface area contributed by atoms with E-state index in [2.05, 4.69) is 14.5 Å². The highest BCUT2D eigenvalue weighted by molar-refractivity contribution is 7.90. The number of ether oxygens (including phenoxy) is 4. The standard InChI is InChI=1S/C37H47ClN4O8S/c1-36(2)34(43)39-51(45,46)27-9-12-32-30(19-27)42(22-37(23-48-32)14-17-47-33-18-25(38)8-11-29(33)37)20-24-7-10-28(24)31(6-5-16-49-36)50-35(44)41-15-13-26(21-41)40(3)4/h5-6,8-9,11-12,18-19,24,26,28,31H,7,10,13-17,20-23H2,1-4H3,(H,39,43)/b6-5+/t24-,26+,28+,31-,37-/m0/s1. The molecule has 1 N–H and O–H groups in total. The normalized spacial score (nSPS) is 30.5. The van der Waals surface area contributed by atoms with Gasteiger partial charge >= 0.3 is 6.09 Å². The summed E-state index contributed by atoms with van der Waals surface area (Å²) in [5.74, 6) is 0.600. The van der Waals surface area contributed by atoms with Gasteiger partial charge in [-0.3, -0.25) is 4.79 Å². The minimum absolute atomic E-state index is 0.0120. The smallest absolute Gasteiger partial charge is 0.410 e. The largest absolute Gasteiger partial charge is 0.493 e. The highest BCUT2D eigenvalue weighted by Gasteiger charge is 2.46. The molecule has 4 aliphatic heterocycles. The van der Waals surface area contributed by atoms with Crippen LogP contribution < -0.4 is 19.1 Å². The first kappa shape index (κ1) is 35.9. The van der Waals surface area contributed by atoms with Crippen LogP contribution in [-0.4, -0.2) is 108 Å². The van der Waals surface area contributed by atoms with Gasteiger partial charge in [0.25, 0.3) is 15.9 Å². The fraction of sp³-hybridized carbons (Fsp3) is 0.568. The van der Waals surface area contributed by atoms with E-state index in [-0.39, 0.29) is 35.5 Å². The molecule has 1 aliphatic carbocycles. The number of carbonyl (C=O) groups is 2. The summed E-state index contributed by atoms with van der Waals surface area (Å²) in [7, 11) is -0.217. The van der Waals surface area contributed by atoms with Crippen LogP contribution >= 0.6 is 11.6 Å². The molecule has 5 aliphatic rings. The van der Waals surface area contributed by atoms with Gasteiger partial charge in [0.05, 0.1) is 35.8 Å². The number of hydrogen-bond acceptors (Lipinski definition) is 10. The third kappa shape index (κ3) is 7.14. The zero-order valence-electron chi connectivity index (χ0n) is 29.6. The van der Waals surface area contributed by atoms with Crippen LogP contribution in [0.3, 0.4) is 0 Å². The van der Waals surface area contributed by atoms with Gasteiger partial charge in [-0.2, -0.15) is 0 Å². The van der Waals surface area contributed by atoms with E-state index >= 15 is 0 Å². The van der Waals surface area contributed by atoms with Gasteiger partial charge in [0.2, 0.25) is 0 Å². The predicted octanol–water partition coefficient (Wildman–Crippen LogP) is 4.60. The molecule has 14 heteroatoms. The van der Waals surface area contributed by atoms with E-state index < -0.39 is 33.1 Å². The third-order valence-corrected chi connectivity index (χ3v) is 12.9. The molecule has 1 saturated heterocycles. The Kier molecular flexibility index (Phi) is 9.70. The Balaban J connectivity index is 1.26. The highest BCUT2D eigenvalue weighted by atomic mass is 35.5. The molecule has 0 unspecified atom stereocenters. The summed E-state index contributed by atoms with van der Waals surface area (Å²) in [6, 6.07) is 10.7. The van der Waals surface area contributed by atoms with Crippen LogP contribution in [-0.2, 0) is 29.7 Å². The molecule has 276 valence electrons. The van der Waals surface area contributed by atoms with Crippen LogP contribution in [0.2, 0.25) is 5.02 Å². The van der Waals surface area contributed by atoms with Crippen LogP contribution in [0.25, 0.3) is 0 Å². The fourth-order valence-corrected chi connectivity index (χ4v) is 9.19. The van der Waals surface area contributed by atoms with Crippen molar-refractivity contribution in [1.82, 2.24) is 14.5 Å². The monoisotopic (exact) mass is 742 g/mol. The van der Waals surface area contributed by atoms with Gasteiger partial charge in [0, 0.05) is 48.7 Å². The van der Waals surface area contributed by atoms with Crippen molar-refractivity contribution >= 4 is 39.3 Å². The second-order valence-electron chi connectivity index (χ2n) is 15.2. The SMILES string of the molecule is CN(C)[C@@H]1CCN(C(=O)O[C@H]2/C=C/COC(C)(C)C(=O)NS(=O)(=O)c3ccc4c(c3)N(C[C@@H]3CC[C@H]32)C[C@@]2(CCOc3cc(Cl)ccc32)CO4)C1. The van der Waals surface area contributed by atoms with E-state index in [1.165, 1.54) is 19.9 Å². The molecule has 1 saturated carbocycles. The second kappa shape index (κ2) is 13.8. The van der Waals surface area contributed by atoms with E-state index in [4.69, 9.17) is 30.5 Å². The average Bonchev–Trinajstić information content (AvgIpc) is 3.52. The number of fused-ring (bicyclic) bond motifs is 4. The average molecular weight is 743 g/mol. The summed E-state index contributed by atoms with van der Waals surface area (Å²) in [6.07, 6.45) is 6.10. The molecule has 51 heavy (non-hydrogen) atoms. The molecular weight excluding hydrogens is 696 g/mol. The van der Waals surface area contributed by atoms with Gasteiger partial charge in [-0.15, -0.1) is 0 Å². The molecular formula is C37H47ClN4O8S. The topological polar surface area (TPSA) is 127 Å². The molecule has 12 nitrogen and oxygen atoms in total. The molecule has 2 fully saturated rings. The van der Waals surface area contributed by atoms with Crippen molar-refractivity contribution in [2.75, 3.05) is 65.0 Å². The second-order valence-corrected chi connectivity index (χ2v) is 17.3. The highest BCUT2D eigenvalue weighted by Crippen LogP contribution is 2.48. The van der Waals surface area contributed by atoms with Gasteiger partial charge in [0.15, 0.2) is 0 Å². The summed E-state index contributed by atoms with van der Waals surface area (Å²) in [5.41, 5.74) is -0.338. The fourth-order valence-electron chi connectivity index (χ4n) is 7.91. The molecule has 0 radical (unpaired) electrons. The Morgan fingerprint density at radius 3 is 2.63 bits per heavy atom. The summed E-state index contributed by atoms with van der Waals surface area (Å²) in [6.45, 7) is 6.23. The Hall–Kier alpha value is -3.52. The van der Waals surface area contributed by atoms with E-state index in [1.807, 2.05) is 38.4 Å². The number of amides is 2. The Bertz CT molecular complexity index is 1820. The van der Waals surface area contributed by atoms with Crippen LogP contribution in [0.15, 0.2) is 53.4 Å². The van der Waals surface area contributed by atoms with Crippen molar-refractivity contribution in [3.63, 3.8) is 0 Å². The Labute approximate surface area is 305 Å². The number of sulfonamides is 1. The summed E-state index contributed by atoms with van der Waals surface area (Å²) in [4.78, 5) is 32.9. The number of hydrogen-bond donors (Lipinski definition) is 1. The summed E-state index contributed by atoms with van der Waals surface area (Å²) in [5, 5.41) is 0.580. The Morgan fingerprint density at radius 2 is 1.88 bits per heavy atom. The molecule has 7 rings (SSSR count). The van der Waals surface area contributed by atoms with Crippen molar-refractivity contribution in [2.45, 2.75) is 67.6 Å². The first-order valence-corrected chi connectivity index (χ1v) is 19.6. The van der Waals surface area contributed by atoms with Crippen molar-refractivity contribution < 1.29 is 37.0 Å². The van der Waals surface area contributed by atoms with Crippen LogP contribution in [0.4, 0.5) is 10.5 Å². The first-order valence-electron chi connectivity index (χ1n) is 17.7. The summed E-state index contributed by atoms with van der Waals surface area (Å²) >= 11 is 6.37. The molecule has 0 aromatic heterocycles. The maximum Gasteiger partial charge on any atom is 0.410 e. The molecule has 4 heterocycles. The lowest BCUT2D eigenvalue weighted by atomic mass is 9.69. The van der Waals surface area contributed by atoms with E-state index in [0.29, 0.717) is 68.0 Å². The van der Waals surface area contributed by atoms with Crippen LogP contribution in [0, 0.1) is 11.8 Å². The van der Waals surface area contributed by atoms with E-state index in [9.17, 15) is 18.0 Å². The van der Waals surface area contributed by atoms with Crippen LogP contribution in [0.5, 0.6) is 11.5 Å². The van der Waals surface area contributed by atoms with Gasteiger partial charge in [-0.25, -0.2) is 17.9 Å². The lowest BCUT2D eigenvalue weighted by Crippen LogP contribution is -2.50. The zero-order valence-corrected chi connectivity index (χ0v) is 31.2. The van der Waals surface area contributed by atoms with Crippen molar-refractivity contribution in [3.8, 4) is 11.5 Å². The van der Waals surface area contributed by atoms with Crippen molar-refractivity contribution in [2.24, 2.45) is 11.8 Å². The molecule has 2 bridgehead atoms. The number of nitrogens with zero attached hydrogens (tertiary/aromatic N) is 3. The summed E-state index contributed by atoms with van der Waals surface area (Å²) < 4.78 is 54.3. The number of carbonyl (C=O) groups excluding carboxylic acids is 2. The molecule has 5 atom stereocenters. The quantitative estimate of drug-likeness (QED) is 0.437. The molecule has 2 amide bonds. The maximum absolute atomic E-state index is 13.7. The zero-order chi connectivity index (χ0) is 36.1. The molecule has 2 aromatic rings. The number of anilines is 1. The predicted molar refractivity (Wildman–Crippen MR) is 192 cm³/mol. The van der Waals surface area contributed by atoms with E-state index in [0.717, 1.165) is 24.8 Å². The van der Waals surface area contributed by atoms with Crippen molar-refractivity contribution in [3.05, 3.63) is 59.1 Å².